The Bertz CT molecular complexity index is 4810. The molecule has 0 saturated carbocycles. The van der Waals surface area contributed by atoms with Gasteiger partial charge in [-0.05, 0) is 47.6 Å². The first kappa shape index (κ1) is 162. The Morgan fingerprint density at radius 3 is 0.776 bits per heavy atom. The van der Waals surface area contributed by atoms with Crippen LogP contribution in [0.25, 0.3) is 0 Å². The molecule has 0 fully saturated rings. The maximum Gasteiger partial charge on any atom is 0.126 e. The van der Waals surface area contributed by atoms with Crippen molar-refractivity contribution in [1.82, 2.24) is 89.7 Å². The van der Waals surface area contributed by atoms with E-state index < -0.39 is 0 Å². The summed E-state index contributed by atoms with van der Waals surface area (Å²) in [5.41, 5.74) is 22.3. The van der Waals surface area contributed by atoms with Gasteiger partial charge in [-0.1, -0.05) is 357 Å². The van der Waals surface area contributed by atoms with Gasteiger partial charge in [0.15, 0.2) is 0 Å². The molecule has 9 aromatic heterocycles. The number of aromatic nitrogens is 18. The summed E-state index contributed by atoms with van der Waals surface area (Å²) in [6.07, 6.45) is 17.2. The zero-order valence-electron chi connectivity index (χ0n) is 96.0. The molecule has 0 bridgehead atoms. The number of hydrogen-bond acceptors (Lipinski definition) is 18. The number of unbranched alkanes of at least 4 members (excludes halogenated alkanes) is 1. The molecular weight excluding hydrogens is 2450 g/mol. The summed E-state index contributed by atoms with van der Waals surface area (Å²) in [5, 5.41) is 0. The van der Waals surface area contributed by atoms with Crippen LogP contribution >= 0.6 is 0 Å². The number of hydrogen-bond donors (Lipinski definition) is 0. The van der Waals surface area contributed by atoms with E-state index in [1.807, 2.05) is 0 Å². The number of nitrogens with zero attached hydrogens (tertiary/aromatic N) is 18. The van der Waals surface area contributed by atoms with Gasteiger partial charge in [0.05, 0.1) is 0 Å². The molecule has 0 amide bonds. The monoisotopic (exact) mass is 2620 g/mol. The SMILES string of the molecule is [CH2-]CCCc1[c-]c(C(C)C)nc(C(C)C)n1.[CH2-]CCc1[c-]c(C(C)C)nc(C(C)C)n1.[CH2-]CCc1[c-]nc(C(C)C)nc1C(C)C.[CH2-]CCc1nc(C(C)C)nc(C(C)C)c1[CH2-].[CH2-]Cc1[c-]c(C(C)C)nc(C(C)C)n1.[CH2-]Cc1[c-]nc(C(C)C)nc1C(C)C.[CH2-]Cc1c([CH2-])nc(C(C)C)nc1C(C)C.[CH2-]Cc1nc(C(C)C)nc(C(C)C)c1[CH2-].[CH2-]c1nc(C(C)C)nc(C(C)C)c1[CH2-].[Y].[Y].[Y].[Y].[Y].[Y].[Y].[Y].[Y]. The third-order valence-corrected chi connectivity index (χ3v) is 21.0. The molecule has 0 N–H and O–H groups in total. The van der Waals surface area contributed by atoms with Gasteiger partial charge in [-0.15, -0.1) is 39.7 Å². The van der Waals surface area contributed by atoms with Crippen molar-refractivity contribution in [2.45, 2.75) is 439 Å². The van der Waals surface area contributed by atoms with Gasteiger partial charge in [0.2, 0.25) is 0 Å². The van der Waals surface area contributed by atoms with Gasteiger partial charge in [0.25, 0.3) is 0 Å². The maximum absolute atomic E-state index is 4.62. The van der Waals surface area contributed by atoms with Crippen molar-refractivity contribution in [1.29, 1.82) is 0 Å². The van der Waals surface area contributed by atoms with Gasteiger partial charge in [-0.3, -0.25) is 53.7 Å². The molecule has 0 atom stereocenters. The number of aryl methyl sites for hydroxylation is 4. The zero-order chi connectivity index (χ0) is 103. The molecule has 0 aliphatic heterocycles. The second-order valence-corrected chi connectivity index (χ2v) is 39.9. The Hall–Kier alpha value is 1.01. The summed E-state index contributed by atoms with van der Waals surface area (Å²) in [7, 11) is 0. The molecule has 0 unspecified atom stereocenters. The molecule has 27 heteroatoms. The van der Waals surface area contributed by atoms with Crippen molar-refractivity contribution < 1.29 is 294 Å². The van der Waals surface area contributed by atoms with Crippen LogP contribution in [0.3, 0.4) is 0 Å². The Labute approximate surface area is 1100 Å². The molecule has 0 aliphatic carbocycles. The van der Waals surface area contributed by atoms with Crippen molar-refractivity contribution in [3.63, 3.8) is 0 Å². The minimum atomic E-state index is 0. The molecule has 0 aliphatic rings. The van der Waals surface area contributed by atoms with Crippen molar-refractivity contribution in [3.8, 4) is 0 Å². The van der Waals surface area contributed by atoms with E-state index in [2.05, 4.69) is 460 Å². The molecule has 0 aromatic carbocycles. The van der Waals surface area contributed by atoms with Gasteiger partial charge in [-0.2, -0.15) is 86.7 Å². The van der Waals surface area contributed by atoms with E-state index in [0.717, 1.165) is 235 Å². The van der Waals surface area contributed by atoms with Gasteiger partial charge in [0.1, 0.15) is 40.8 Å². The first-order valence-corrected chi connectivity index (χ1v) is 49.6. The molecule has 18 nitrogen and oxygen atoms in total. The summed E-state index contributed by atoms with van der Waals surface area (Å²) in [6, 6.07) is 9.81. The van der Waals surface area contributed by atoms with E-state index in [1.165, 1.54) is 0 Å². The molecule has 9 radical (unpaired) electrons. The van der Waals surface area contributed by atoms with Crippen LogP contribution in [0.15, 0.2) is 0 Å². The van der Waals surface area contributed by atoms with Gasteiger partial charge in [0, 0.05) is 347 Å². The van der Waals surface area contributed by atoms with E-state index >= 15 is 0 Å². The Morgan fingerprint density at radius 2 is 0.476 bits per heavy atom. The topological polar surface area (TPSA) is 232 Å². The molecule has 143 heavy (non-hydrogen) atoms. The van der Waals surface area contributed by atoms with Crippen LogP contribution in [0.2, 0.25) is 0 Å². The molecule has 0 saturated heterocycles. The zero-order valence-corrected chi connectivity index (χ0v) is 122. The Balaban J connectivity index is -0.000000200. The van der Waals surface area contributed by atoms with Crippen molar-refractivity contribution in [2.75, 3.05) is 0 Å². The standard InChI is InChI=1S/2C14H22N2.4C13H20N2.3C12H18N2.9Y/c1-7-8-12-11(6)13(9(2)3)16-14(15-12)10(4)5;1-6-7-8-12-9-13(10(2)3)16-14(15-12)11(4)5;1-7-11-10(6)14-13(9(4)5)15-12(11)8(2)3;1-7-11-10(6)12(8(2)3)15-13(14-11)9(4)5;1-6-7-11-8-14-13(10(4)5)15-12(11)9(2)3;1-6-7-11-8-12(9(2)3)15-13(14-11)10(4)5;1-7(2)11-9(5)10(6)13-12(14-11)8(3)4;1-6-10-7-13-12(9(4)5)14-11(10)8(2)3;1-6-10-7-11(8(2)3)14-12(13-10)9(4)5;;;;;;;;;/h9-10H,1,6-8H2,2-5H3;10-11H,1,6-8H2,2-5H3;2*8-9H,1,6-7H2,2-5H3;2*9-10H,1,6-7H2,2-5H3;7-8H,5-6H2,1-4H3;2*8-9H,1,6H2,2-5H3;;;;;;;;;/q9*-2;;;;;;;;;. The molecular formula is C116H178N18Y9-18. The molecule has 0 spiro atoms. The quantitative estimate of drug-likeness (QED) is 0.0367. The summed E-state index contributed by atoms with van der Waals surface area (Å²) < 4.78 is 0. The van der Waals surface area contributed by atoms with E-state index in [1.54, 1.807) is 0 Å². The van der Waals surface area contributed by atoms with Gasteiger partial charge in [-0.25, -0.2) is 19.0 Å². The van der Waals surface area contributed by atoms with Crippen LogP contribution in [0, 0.1) is 121 Å². The van der Waals surface area contributed by atoms with Crippen LogP contribution in [0.5, 0.6) is 0 Å². The Kier molecular flexibility index (Phi) is 96.2. The average molecular weight is 2620 g/mol. The predicted molar refractivity (Wildman–Crippen MR) is 564 cm³/mol. The normalized spacial score (nSPS) is 10.7. The maximum atomic E-state index is 4.62. The fourth-order valence-electron chi connectivity index (χ4n) is 12.8. The first-order valence-electron chi connectivity index (χ1n) is 49.6. The third kappa shape index (κ3) is 58.7. The average Bonchev–Trinajstić information content (AvgIpc) is 0.821. The Morgan fingerprint density at radius 1 is 0.203 bits per heavy atom. The van der Waals surface area contributed by atoms with Crippen LogP contribution in [-0.2, 0) is 346 Å². The summed E-state index contributed by atoms with van der Waals surface area (Å²) in [6.45, 7) is 127. The molecule has 9 aromatic rings. The fraction of sp³-hybridized carbons (Fsp3) is 0.578. The number of rotatable bonds is 31. The van der Waals surface area contributed by atoms with Crippen LogP contribution in [-0.4, -0.2) is 89.7 Å². The van der Waals surface area contributed by atoms with Crippen molar-refractivity contribution in [3.05, 3.63) is 298 Å². The first-order chi connectivity index (χ1) is 62.6. The largest absolute Gasteiger partial charge is 0.429 e. The van der Waals surface area contributed by atoms with E-state index in [4.69, 9.17) is 0 Å². The van der Waals surface area contributed by atoms with Crippen molar-refractivity contribution >= 4 is 0 Å². The van der Waals surface area contributed by atoms with Crippen LogP contribution < -0.4 is 0 Å². The molecule has 9 rings (SSSR count). The second-order valence-electron chi connectivity index (χ2n) is 39.9. The van der Waals surface area contributed by atoms with E-state index in [0.29, 0.717) is 132 Å². The van der Waals surface area contributed by atoms with Crippen LogP contribution in [0.1, 0.15) is 565 Å². The predicted octanol–water partition coefficient (Wildman–Crippen LogP) is 29.4. The summed E-state index contributed by atoms with van der Waals surface area (Å²) in [5.74, 6) is 15.1. The summed E-state index contributed by atoms with van der Waals surface area (Å²) in [4.78, 5) is 80.9. The molecule has 777 valence electrons. The van der Waals surface area contributed by atoms with Crippen molar-refractivity contribution in [2.24, 2.45) is 0 Å². The van der Waals surface area contributed by atoms with Crippen LogP contribution in [0.4, 0.5) is 0 Å². The minimum Gasteiger partial charge on any atom is -0.429 e. The summed E-state index contributed by atoms with van der Waals surface area (Å²) >= 11 is 0. The van der Waals surface area contributed by atoms with E-state index in [9.17, 15) is 0 Å². The van der Waals surface area contributed by atoms with Gasteiger partial charge < -0.3 is 129 Å². The smallest absolute Gasteiger partial charge is 0.126 e. The minimum absolute atomic E-state index is 0. The van der Waals surface area contributed by atoms with E-state index in [-0.39, 0.29) is 294 Å². The second kappa shape index (κ2) is 85.2. The third-order valence-electron chi connectivity index (χ3n) is 21.0. The molecule has 9 heterocycles. The fourth-order valence-corrected chi connectivity index (χ4v) is 12.8. The van der Waals surface area contributed by atoms with Gasteiger partial charge >= 0.3 is 0 Å².